The van der Waals surface area contributed by atoms with Crippen LogP contribution in [-0.4, -0.2) is 23.1 Å². The molecule has 132 valence electrons. The Labute approximate surface area is 149 Å². The molecular weight excluding hydrogens is 320 g/mol. The number of benzene rings is 1. The monoisotopic (exact) mass is 348 g/mol. The van der Waals surface area contributed by atoms with Crippen molar-refractivity contribution < 1.29 is 9.59 Å². The van der Waals surface area contributed by atoms with Crippen molar-refractivity contribution in [3.8, 4) is 0 Å². The second-order valence-corrected chi connectivity index (χ2v) is 8.26. The van der Waals surface area contributed by atoms with Crippen LogP contribution in [0.4, 0.5) is 5.69 Å². The van der Waals surface area contributed by atoms with Gasteiger partial charge in [0, 0.05) is 23.5 Å². The zero-order chi connectivity index (χ0) is 17.7. The zero-order valence-corrected chi connectivity index (χ0v) is 15.8. The molecule has 0 heterocycles. The van der Waals surface area contributed by atoms with Crippen LogP contribution in [-0.2, 0) is 9.59 Å². The summed E-state index contributed by atoms with van der Waals surface area (Å²) in [5, 5.41) is 5.85. The lowest BCUT2D eigenvalue weighted by atomic mass is 9.78. The third-order valence-corrected chi connectivity index (χ3v) is 6.00. The van der Waals surface area contributed by atoms with Crippen LogP contribution in [0.15, 0.2) is 29.2 Å². The van der Waals surface area contributed by atoms with E-state index in [2.05, 4.69) is 24.5 Å². The van der Waals surface area contributed by atoms with E-state index < -0.39 is 0 Å². The van der Waals surface area contributed by atoms with Crippen molar-refractivity contribution in [1.29, 1.82) is 0 Å². The van der Waals surface area contributed by atoms with Crippen molar-refractivity contribution >= 4 is 29.3 Å². The molecule has 1 aliphatic carbocycles. The molecule has 0 aromatic heterocycles. The lowest BCUT2D eigenvalue weighted by molar-refractivity contribution is -0.121. The highest BCUT2D eigenvalue weighted by atomic mass is 32.2. The highest BCUT2D eigenvalue weighted by molar-refractivity contribution is 8.00. The first kappa shape index (κ1) is 18.8. The molecule has 2 rings (SSSR count). The molecule has 1 saturated carbocycles. The molecule has 0 bridgehead atoms. The van der Waals surface area contributed by atoms with Gasteiger partial charge >= 0.3 is 0 Å². The summed E-state index contributed by atoms with van der Waals surface area (Å²) in [6.07, 6.45) is 3.54. The fraction of sp³-hybridized carbons (Fsp3) is 0.579. The van der Waals surface area contributed by atoms with Crippen molar-refractivity contribution in [2.45, 2.75) is 63.1 Å². The molecule has 4 nitrogen and oxygen atoms in total. The summed E-state index contributed by atoms with van der Waals surface area (Å²) in [5.41, 5.74) is 0.772. The van der Waals surface area contributed by atoms with Gasteiger partial charge in [0.05, 0.1) is 5.25 Å². The minimum atomic E-state index is -0.138. The van der Waals surface area contributed by atoms with Gasteiger partial charge in [-0.2, -0.15) is 0 Å². The lowest BCUT2D eigenvalue weighted by Crippen LogP contribution is -2.46. The number of rotatable bonds is 5. The summed E-state index contributed by atoms with van der Waals surface area (Å²) in [5.74, 6) is 1.24. The standard InChI is InChI=1S/C19H28N2O2S/c1-12-6-5-7-18(13(12)2)21-19(23)14(3)24-17-10-8-16(9-11-17)20-15(4)22/h8-14,18H,5-7H2,1-4H3,(H,20,22)(H,21,23)/t12-,13+,14+,18+/m0/s1. The number of hydrogen-bond donors (Lipinski definition) is 2. The quantitative estimate of drug-likeness (QED) is 0.789. The molecule has 2 amide bonds. The molecule has 4 atom stereocenters. The summed E-state index contributed by atoms with van der Waals surface area (Å²) < 4.78 is 0. The van der Waals surface area contributed by atoms with Crippen LogP contribution < -0.4 is 10.6 Å². The summed E-state index contributed by atoms with van der Waals surface area (Å²) >= 11 is 1.55. The average molecular weight is 349 g/mol. The van der Waals surface area contributed by atoms with Gasteiger partial charge in [-0.05, 0) is 49.4 Å². The van der Waals surface area contributed by atoms with Gasteiger partial charge in [-0.1, -0.05) is 26.7 Å². The molecule has 5 heteroatoms. The number of anilines is 1. The van der Waals surface area contributed by atoms with Crippen molar-refractivity contribution in [2.75, 3.05) is 5.32 Å². The summed E-state index contributed by atoms with van der Waals surface area (Å²) in [4.78, 5) is 24.6. The first-order chi connectivity index (χ1) is 11.4. The van der Waals surface area contributed by atoms with Crippen LogP contribution in [0.1, 0.15) is 47.0 Å². The second kappa shape index (κ2) is 8.56. The van der Waals surface area contributed by atoms with E-state index in [0.717, 1.165) is 17.0 Å². The average Bonchev–Trinajstić information content (AvgIpc) is 2.53. The van der Waals surface area contributed by atoms with E-state index >= 15 is 0 Å². The number of carbonyl (C=O) groups excluding carboxylic acids is 2. The number of amides is 2. The fourth-order valence-corrected chi connectivity index (χ4v) is 4.04. The second-order valence-electron chi connectivity index (χ2n) is 6.85. The van der Waals surface area contributed by atoms with Crippen LogP contribution in [0.2, 0.25) is 0 Å². The lowest BCUT2D eigenvalue weighted by Gasteiger charge is -2.35. The van der Waals surface area contributed by atoms with Crippen LogP contribution in [0.25, 0.3) is 0 Å². The van der Waals surface area contributed by atoms with Crippen molar-refractivity contribution in [3.05, 3.63) is 24.3 Å². The molecule has 24 heavy (non-hydrogen) atoms. The normalized spacial score (nSPS) is 24.9. The number of thioether (sulfide) groups is 1. The molecule has 0 spiro atoms. The van der Waals surface area contributed by atoms with E-state index in [1.165, 1.54) is 19.8 Å². The summed E-state index contributed by atoms with van der Waals surface area (Å²) in [6.45, 7) is 7.95. The van der Waals surface area contributed by atoms with Crippen molar-refractivity contribution in [2.24, 2.45) is 11.8 Å². The number of carbonyl (C=O) groups is 2. The van der Waals surface area contributed by atoms with Gasteiger partial charge in [0.2, 0.25) is 11.8 Å². The van der Waals surface area contributed by atoms with E-state index in [-0.39, 0.29) is 17.1 Å². The molecule has 2 N–H and O–H groups in total. The van der Waals surface area contributed by atoms with Gasteiger partial charge in [-0.15, -0.1) is 11.8 Å². The van der Waals surface area contributed by atoms with Crippen LogP contribution >= 0.6 is 11.8 Å². The molecule has 1 aromatic carbocycles. The van der Waals surface area contributed by atoms with Gasteiger partial charge in [0.15, 0.2) is 0 Å². The predicted molar refractivity (Wildman–Crippen MR) is 100 cm³/mol. The molecule has 0 radical (unpaired) electrons. The Morgan fingerprint density at radius 2 is 1.83 bits per heavy atom. The SMILES string of the molecule is CC(=O)Nc1ccc(S[C@H](C)C(=O)N[C@@H]2CCC[C@H](C)[C@H]2C)cc1. The number of nitrogens with one attached hydrogen (secondary N) is 2. The first-order valence-corrected chi connectivity index (χ1v) is 9.59. The number of hydrogen-bond acceptors (Lipinski definition) is 3. The Morgan fingerprint density at radius 3 is 2.46 bits per heavy atom. The fourth-order valence-electron chi connectivity index (χ4n) is 3.16. The summed E-state index contributed by atoms with van der Waals surface area (Å²) in [7, 11) is 0. The zero-order valence-electron chi connectivity index (χ0n) is 15.0. The van der Waals surface area contributed by atoms with Crippen LogP contribution in [0, 0.1) is 11.8 Å². The summed E-state index contributed by atoms with van der Waals surface area (Å²) in [6, 6.07) is 7.89. The topological polar surface area (TPSA) is 58.2 Å². The smallest absolute Gasteiger partial charge is 0.233 e. The van der Waals surface area contributed by atoms with Gasteiger partial charge in [0.1, 0.15) is 0 Å². The maximum Gasteiger partial charge on any atom is 0.233 e. The predicted octanol–water partition coefficient (Wildman–Crippen LogP) is 4.07. The largest absolute Gasteiger partial charge is 0.352 e. The van der Waals surface area contributed by atoms with Gasteiger partial charge in [-0.3, -0.25) is 9.59 Å². The molecule has 0 unspecified atom stereocenters. The van der Waals surface area contributed by atoms with Gasteiger partial charge in [-0.25, -0.2) is 0 Å². The van der Waals surface area contributed by atoms with Crippen LogP contribution in [0.5, 0.6) is 0 Å². The van der Waals surface area contributed by atoms with E-state index in [9.17, 15) is 9.59 Å². The molecule has 1 aromatic rings. The maximum atomic E-state index is 12.5. The Morgan fingerprint density at radius 1 is 1.17 bits per heavy atom. The van der Waals surface area contributed by atoms with E-state index in [0.29, 0.717) is 17.9 Å². The van der Waals surface area contributed by atoms with Gasteiger partial charge in [0.25, 0.3) is 0 Å². The molecule has 1 aliphatic rings. The Hall–Kier alpha value is -1.49. The third-order valence-electron chi connectivity index (χ3n) is 4.89. The minimum Gasteiger partial charge on any atom is -0.352 e. The highest BCUT2D eigenvalue weighted by Gasteiger charge is 2.29. The van der Waals surface area contributed by atoms with E-state index in [4.69, 9.17) is 0 Å². The Kier molecular flexibility index (Phi) is 6.72. The molecule has 0 aliphatic heterocycles. The highest BCUT2D eigenvalue weighted by Crippen LogP contribution is 2.30. The molecule has 1 fully saturated rings. The van der Waals surface area contributed by atoms with Crippen molar-refractivity contribution in [3.63, 3.8) is 0 Å². The molecule has 0 saturated heterocycles. The minimum absolute atomic E-state index is 0.0843. The third kappa shape index (κ3) is 5.26. The van der Waals surface area contributed by atoms with Crippen LogP contribution in [0.3, 0.4) is 0 Å². The first-order valence-electron chi connectivity index (χ1n) is 8.71. The van der Waals surface area contributed by atoms with Crippen molar-refractivity contribution in [1.82, 2.24) is 5.32 Å². The molecular formula is C19H28N2O2S. The van der Waals surface area contributed by atoms with E-state index in [1.807, 2.05) is 31.2 Å². The maximum absolute atomic E-state index is 12.5. The Balaban J connectivity index is 1.88. The van der Waals surface area contributed by atoms with E-state index in [1.54, 1.807) is 11.8 Å². The van der Waals surface area contributed by atoms with Gasteiger partial charge < -0.3 is 10.6 Å². The Bertz CT molecular complexity index is 573.